The van der Waals surface area contributed by atoms with Crippen LogP contribution in [-0.2, 0) is 0 Å². The van der Waals surface area contributed by atoms with Gasteiger partial charge in [-0.05, 0) is 35.7 Å². The number of hydrogen-bond donors (Lipinski definition) is 0. The van der Waals surface area contributed by atoms with Gasteiger partial charge in [0.15, 0.2) is 0 Å². The SMILES string of the molecule is O=C(c1ccccc1F)N1CCN(c2cccc3cc(Cl)ccc23)CC1. The van der Waals surface area contributed by atoms with E-state index < -0.39 is 5.82 Å². The van der Waals surface area contributed by atoms with Crippen LogP contribution in [-0.4, -0.2) is 37.0 Å². The van der Waals surface area contributed by atoms with E-state index in [4.69, 9.17) is 11.6 Å². The van der Waals surface area contributed by atoms with E-state index in [1.807, 2.05) is 30.3 Å². The van der Waals surface area contributed by atoms with Crippen LogP contribution in [0.25, 0.3) is 10.8 Å². The molecule has 3 aromatic carbocycles. The number of rotatable bonds is 2. The summed E-state index contributed by atoms with van der Waals surface area (Å²) in [5.74, 6) is -0.710. The highest BCUT2D eigenvalue weighted by atomic mass is 35.5. The van der Waals surface area contributed by atoms with Gasteiger partial charge in [0.05, 0.1) is 5.56 Å². The van der Waals surface area contributed by atoms with Crippen molar-refractivity contribution in [1.29, 1.82) is 0 Å². The van der Waals surface area contributed by atoms with Crippen LogP contribution in [0.5, 0.6) is 0 Å². The molecule has 1 amide bonds. The summed E-state index contributed by atoms with van der Waals surface area (Å²) in [6.07, 6.45) is 0. The number of halogens is 2. The monoisotopic (exact) mass is 368 g/mol. The molecule has 0 aliphatic carbocycles. The zero-order valence-corrected chi connectivity index (χ0v) is 14.9. The Morgan fingerprint density at radius 2 is 1.69 bits per heavy atom. The number of carbonyl (C=O) groups excluding carboxylic acids is 1. The maximum atomic E-state index is 13.9. The minimum absolute atomic E-state index is 0.140. The van der Waals surface area contributed by atoms with Crippen LogP contribution in [0.15, 0.2) is 60.7 Å². The topological polar surface area (TPSA) is 23.6 Å². The summed E-state index contributed by atoms with van der Waals surface area (Å²) in [4.78, 5) is 16.6. The maximum absolute atomic E-state index is 13.9. The molecule has 1 aliphatic heterocycles. The van der Waals surface area contributed by atoms with E-state index in [0.29, 0.717) is 26.2 Å². The average molecular weight is 369 g/mol. The van der Waals surface area contributed by atoms with Crippen molar-refractivity contribution in [1.82, 2.24) is 4.90 Å². The van der Waals surface area contributed by atoms with Crippen LogP contribution in [0.2, 0.25) is 5.02 Å². The Morgan fingerprint density at radius 1 is 0.923 bits per heavy atom. The zero-order valence-electron chi connectivity index (χ0n) is 14.2. The molecule has 0 bridgehead atoms. The highest BCUT2D eigenvalue weighted by Crippen LogP contribution is 2.29. The molecule has 0 aromatic heterocycles. The first-order chi connectivity index (χ1) is 12.6. The highest BCUT2D eigenvalue weighted by Gasteiger charge is 2.24. The molecule has 1 saturated heterocycles. The summed E-state index contributed by atoms with van der Waals surface area (Å²) in [7, 11) is 0. The standard InChI is InChI=1S/C21H18ClFN2O/c22-16-8-9-17-15(14-16)4-3-7-20(17)24-10-12-25(13-11-24)21(26)18-5-1-2-6-19(18)23/h1-9,14H,10-13H2. The lowest BCUT2D eigenvalue weighted by atomic mass is 10.1. The molecular formula is C21H18ClFN2O. The van der Waals surface area contributed by atoms with Gasteiger partial charge in [0, 0.05) is 42.3 Å². The summed E-state index contributed by atoms with van der Waals surface area (Å²) in [6.45, 7) is 2.55. The number of amides is 1. The quantitative estimate of drug-likeness (QED) is 0.660. The molecule has 0 saturated carbocycles. The van der Waals surface area contributed by atoms with Gasteiger partial charge >= 0.3 is 0 Å². The molecule has 1 aliphatic rings. The Kier molecular flexibility index (Phi) is 4.51. The van der Waals surface area contributed by atoms with Gasteiger partial charge in [0.1, 0.15) is 5.82 Å². The molecule has 0 radical (unpaired) electrons. The summed E-state index contributed by atoms with van der Waals surface area (Å²) in [6, 6.07) is 18.2. The van der Waals surface area contributed by atoms with Gasteiger partial charge in [-0.1, -0.05) is 41.9 Å². The van der Waals surface area contributed by atoms with Gasteiger partial charge in [-0.15, -0.1) is 0 Å². The summed E-state index contributed by atoms with van der Waals surface area (Å²) in [5.41, 5.74) is 1.28. The maximum Gasteiger partial charge on any atom is 0.256 e. The number of anilines is 1. The molecular weight excluding hydrogens is 351 g/mol. The fraction of sp³-hybridized carbons (Fsp3) is 0.190. The molecule has 5 heteroatoms. The molecule has 3 aromatic rings. The summed E-state index contributed by atoms with van der Waals surface area (Å²) >= 11 is 6.09. The summed E-state index contributed by atoms with van der Waals surface area (Å²) in [5, 5.41) is 2.96. The lowest BCUT2D eigenvalue weighted by Gasteiger charge is -2.36. The Bertz CT molecular complexity index is 967. The van der Waals surface area contributed by atoms with Gasteiger partial charge in [-0.3, -0.25) is 4.79 Å². The van der Waals surface area contributed by atoms with E-state index in [1.165, 1.54) is 6.07 Å². The van der Waals surface area contributed by atoms with Crippen molar-refractivity contribution in [3.05, 3.63) is 77.1 Å². The minimum atomic E-state index is -0.467. The van der Waals surface area contributed by atoms with E-state index in [-0.39, 0.29) is 11.5 Å². The largest absolute Gasteiger partial charge is 0.367 e. The van der Waals surface area contributed by atoms with Crippen LogP contribution in [0.3, 0.4) is 0 Å². The second kappa shape index (κ2) is 6.96. The molecule has 26 heavy (non-hydrogen) atoms. The number of fused-ring (bicyclic) bond motifs is 1. The Balaban J connectivity index is 1.52. The van der Waals surface area contributed by atoms with Gasteiger partial charge in [-0.2, -0.15) is 0 Å². The van der Waals surface area contributed by atoms with Crippen molar-refractivity contribution in [2.45, 2.75) is 0 Å². The smallest absolute Gasteiger partial charge is 0.256 e. The zero-order chi connectivity index (χ0) is 18.1. The van der Waals surface area contributed by atoms with Crippen LogP contribution >= 0.6 is 11.6 Å². The van der Waals surface area contributed by atoms with Crippen LogP contribution < -0.4 is 4.90 Å². The lowest BCUT2D eigenvalue weighted by molar-refractivity contribution is 0.0742. The van der Waals surface area contributed by atoms with E-state index in [0.717, 1.165) is 21.5 Å². The molecule has 3 nitrogen and oxygen atoms in total. The molecule has 0 N–H and O–H groups in total. The van der Waals surface area contributed by atoms with Crippen molar-refractivity contribution in [2.75, 3.05) is 31.1 Å². The van der Waals surface area contributed by atoms with Crippen molar-refractivity contribution in [3.8, 4) is 0 Å². The van der Waals surface area contributed by atoms with E-state index in [9.17, 15) is 9.18 Å². The van der Waals surface area contributed by atoms with Gasteiger partial charge in [0.2, 0.25) is 0 Å². The number of benzene rings is 3. The molecule has 4 rings (SSSR count). The third-order valence-corrected chi connectivity index (χ3v) is 5.07. The fourth-order valence-corrected chi connectivity index (χ4v) is 3.65. The highest BCUT2D eigenvalue weighted by molar-refractivity contribution is 6.31. The first-order valence-corrected chi connectivity index (χ1v) is 8.98. The van der Waals surface area contributed by atoms with Gasteiger partial charge < -0.3 is 9.80 Å². The third kappa shape index (κ3) is 3.13. The molecule has 132 valence electrons. The predicted molar refractivity (Wildman–Crippen MR) is 103 cm³/mol. The van der Waals surface area contributed by atoms with Crippen LogP contribution in [0, 0.1) is 5.82 Å². The first-order valence-electron chi connectivity index (χ1n) is 8.60. The molecule has 0 unspecified atom stereocenters. The lowest BCUT2D eigenvalue weighted by Crippen LogP contribution is -2.49. The number of carbonyl (C=O) groups is 1. The van der Waals surface area contributed by atoms with Crippen molar-refractivity contribution >= 4 is 34.0 Å². The van der Waals surface area contributed by atoms with Crippen molar-refractivity contribution < 1.29 is 9.18 Å². The van der Waals surface area contributed by atoms with E-state index in [2.05, 4.69) is 11.0 Å². The minimum Gasteiger partial charge on any atom is -0.367 e. The fourth-order valence-electron chi connectivity index (χ4n) is 3.47. The van der Waals surface area contributed by atoms with Crippen molar-refractivity contribution in [3.63, 3.8) is 0 Å². The number of hydrogen-bond acceptors (Lipinski definition) is 2. The van der Waals surface area contributed by atoms with Crippen molar-refractivity contribution in [2.24, 2.45) is 0 Å². The molecule has 0 atom stereocenters. The molecule has 1 heterocycles. The number of piperazine rings is 1. The Labute approximate surface area is 156 Å². The van der Waals surface area contributed by atoms with Gasteiger partial charge in [-0.25, -0.2) is 4.39 Å². The Hall–Kier alpha value is -2.59. The van der Waals surface area contributed by atoms with Crippen LogP contribution in [0.1, 0.15) is 10.4 Å². The first kappa shape index (κ1) is 16.9. The summed E-state index contributed by atoms with van der Waals surface area (Å²) < 4.78 is 13.9. The van der Waals surface area contributed by atoms with Crippen LogP contribution in [0.4, 0.5) is 10.1 Å². The normalized spacial score (nSPS) is 14.7. The Morgan fingerprint density at radius 3 is 2.46 bits per heavy atom. The number of nitrogens with zero attached hydrogens (tertiary/aromatic N) is 2. The van der Waals surface area contributed by atoms with E-state index in [1.54, 1.807) is 23.1 Å². The molecule has 0 spiro atoms. The second-order valence-corrected chi connectivity index (χ2v) is 6.84. The van der Waals surface area contributed by atoms with E-state index >= 15 is 0 Å². The second-order valence-electron chi connectivity index (χ2n) is 6.40. The molecule has 1 fully saturated rings. The van der Waals surface area contributed by atoms with Gasteiger partial charge in [0.25, 0.3) is 5.91 Å². The predicted octanol–water partition coefficient (Wildman–Crippen LogP) is 4.59. The third-order valence-electron chi connectivity index (χ3n) is 4.83. The average Bonchev–Trinajstić information content (AvgIpc) is 2.67.